The molecule has 9 nitrogen and oxygen atoms in total. The van der Waals surface area contributed by atoms with Gasteiger partial charge in [-0.1, -0.05) is 0 Å². The molecule has 0 rings (SSSR count). The summed E-state index contributed by atoms with van der Waals surface area (Å²) in [6.07, 6.45) is -1.36. The summed E-state index contributed by atoms with van der Waals surface area (Å²) in [5, 5.41) is 8.29. The van der Waals surface area contributed by atoms with Crippen molar-refractivity contribution in [2.24, 2.45) is 0 Å². The van der Waals surface area contributed by atoms with Gasteiger partial charge in [0.05, 0.1) is 13.2 Å². The number of aliphatic carboxylic acids is 1. The lowest BCUT2D eigenvalue weighted by molar-refractivity contribution is -0.137. The van der Waals surface area contributed by atoms with Crippen LogP contribution in [0.1, 0.15) is 19.8 Å². The van der Waals surface area contributed by atoms with E-state index in [1.807, 2.05) is 4.72 Å². The number of carboxylic acid groups (broad SMARTS) is 1. The van der Waals surface area contributed by atoms with Crippen LogP contribution in [0.5, 0.6) is 0 Å². The third kappa shape index (κ3) is 9.54. The molecule has 0 heterocycles. The van der Waals surface area contributed by atoms with Gasteiger partial charge in [-0.05, 0) is 13.3 Å². The molecular formula is C8H14N2O7S. The summed E-state index contributed by atoms with van der Waals surface area (Å²) in [4.78, 5) is 31.6. The smallest absolute Gasteiger partial charge is 0.421 e. The highest BCUT2D eigenvalue weighted by Gasteiger charge is 2.15. The highest BCUT2D eigenvalue weighted by molar-refractivity contribution is 7.88. The number of hydrogen-bond acceptors (Lipinski definition) is 6. The van der Waals surface area contributed by atoms with Crippen LogP contribution in [0, 0.1) is 0 Å². The van der Waals surface area contributed by atoms with E-state index >= 15 is 0 Å². The van der Waals surface area contributed by atoms with E-state index in [2.05, 4.69) is 4.74 Å². The number of carbonyl (C=O) groups excluding carboxylic acids is 2. The van der Waals surface area contributed by atoms with Gasteiger partial charge in [0, 0.05) is 6.42 Å². The lowest BCUT2D eigenvalue weighted by Gasteiger charge is -2.07. The maximum absolute atomic E-state index is 11.1. The topological polar surface area (TPSA) is 139 Å². The Morgan fingerprint density at radius 3 is 2.39 bits per heavy atom. The molecule has 3 N–H and O–H groups in total. The molecule has 0 aromatic heterocycles. The van der Waals surface area contributed by atoms with E-state index in [1.165, 1.54) is 11.6 Å². The molecule has 0 saturated heterocycles. The third-order valence-electron chi connectivity index (χ3n) is 1.50. The predicted molar refractivity (Wildman–Crippen MR) is 59.0 cm³/mol. The van der Waals surface area contributed by atoms with Crippen molar-refractivity contribution in [1.82, 2.24) is 9.44 Å². The van der Waals surface area contributed by atoms with E-state index < -0.39 is 34.6 Å². The molecule has 0 spiro atoms. The summed E-state index contributed by atoms with van der Waals surface area (Å²) < 4.78 is 30.0. The second-order valence-electron chi connectivity index (χ2n) is 3.26. The Morgan fingerprint density at radius 1 is 1.28 bits per heavy atom. The second-order valence-corrected chi connectivity index (χ2v) is 4.76. The summed E-state index contributed by atoms with van der Waals surface area (Å²) in [5.74, 6) is -1.47. The van der Waals surface area contributed by atoms with Crippen molar-refractivity contribution >= 4 is 28.1 Å². The highest BCUT2D eigenvalue weighted by Crippen LogP contribution is 1.91. The fourth-order valence-corrected chi connectivity index (χ4v) is 1.50. The molecule has 0 bridgehead atoms. The first-order valence-corrected chi connectivity index (χ1v) is 6.36. The van der Waals surface area contributed by atoms with Crippen LogP contribution in [0.3, 0.4) is 0 Å². The number of ketones is 1. The fraction of sp³-hybridized carbons (Fsp3) is 0.625. The zero-order chi connectivity index (χ0) is 14.2. The van der Waals surface area contributed by atoms with Crippen molar-refractivity contribution in [2.75, 3.05) is 13.2 Å². The highest BCUT2D eigenvalue weighted by atomic mass is 32.2. The van der Waals surface area contributed by atoms with E-state index in [0.29, 0.717) is 0 Å². The molecule has 0 aliphatic heterocycles. The van der Waals surface area contributed by atoms with Gasteiger partial charge in [-0.15, -0.1) is 0 Å². The van der Waals surface area contributed by atoms with Crippen molar-refractivity contribution in [3.05, 3.63) is 0 Å². The number of ether oxygens (including phenoxy) is 1. The minimum absolute atomic E-state index is 0.0731. The fourth-order valence-electron chi connectivity index (χ4n) is 0.760. The van der Waals surface area contributed by atoms with Crippen LogP contribution in [0.4, 0.5) is 4.79 Å². The largest absolute Gasteiger partial charge is 0.481 e. The molecule has 0 saturated carbocycles. The summed E-state index contributed by atoms with van der Waals surface area (Å²) in [6.45, 7) is 0.509. The summed E-state index contributed by atoms with van der Waals surface area (Å²) in [7, 11) is -4.14. The average Bonchev–Trinajstić information content (AvgIpc) is 2.21. The number of Topliss-reactive ketones (excluding diaryl/α,β-unsaturated/α-hetero) is 1. The number of carboxylic acids is 1. The number of amides is 1. The molecule has 0 radical (unpaired) electrons. The molecule has 18 heavy (non-hydrogen) atoms. The van der Waals surface area contributed by atoms with Gasteiger partial charge >= 0.3 is 22.3 Å². The van der Waals surface area contributed by atoms with Gasteiger partial charge in [0.25, 0.3) is 0 Å². The summed E-state index contributed by atoms with van der Waals surface area (Å²) in [6, 6.07) is 0. The summed E-state index contributed by atoms with van der Waals surface area (Å²) >= 11 is 0. The number of rotatable bonds is 8. The second kappa shape index (κ2) is 7.61. The van der Waals surface area contributed by atoms with Crippen LogP contribution in [-0.2, 0) is 24.5 Å². The van der Waals surface area contributed by atoms with Crippen LogP contribution in [0.15, 0.2) is 0 Å². The predicted octanol–water partition coefficient (Wildman–Crippen LogP) is -0.999. The number of carbonyl (C=O) groups is 3. The standard InChI is InChI=1S/C8H14N2O7S/c1-6(11)5-9-18(15,16)10-8(14)17-4-2-3-7(12)13/h9H,2-5H2,1H3,(H,10,14)(H,12,13). The van der Waals surface area contributed by atoms with Gasteiger partial charge in [0.2, 0.25) is 0 Å². The number of nitrogens with one attached hydrogen (secondary N) is 2. The molecule has 0 aliphatic carbocycles. The summed E-state index contributed by atoms with van der Waals surface area (Å²) in [5.41, 5.74) is 0. The Hall–Kier alpha value is -1.68. The molecule has 10 heteroatoms. The van der Waals surface area contributed by atoms with Crippen molar-refractivity contribution < 1.29 is 32.6 Å². The lowest BCUT2D eigenvalue weighted by Crippen LogP contribution is -2.42. The quantitative estimate of drug-likeness (QED) is 0.485. The lowest BCUT2D eigenvalue weighted by atomic mass is 10.3. The van der Waals surface area contributed by atoms with Crippen molar-refractivity contribution in [3.8, 4) is 0 Å². The maximum Gasteiger partial charge on any atom is 0.421 e. The van der Waals surface area contributed by atoms with E-state index in [9.17, 15) is 22.8 Å². The van der Waals surface area contributed by atoms with Crippen LogP contribution >= 0.6 is 0 Å². The van der Waals surface area contributed by atoms with Gasteiger partial charge in [-0.25, -0.2) is 9.52 Å². The third-order valence-corrected chi connectivity index (χ3v) is 2.46. The van der Waals surface area contributed by atoms with Gasteiger partial charge in [0.15, 0.2) is 0 Å². The molecule has 0 fully saturated rings. The minimum atomic E-state index is -4.14. The molecular weight excluding hydrogens is 268 g/mol. The van der Waals surface area contributed by atoms with E-state index in [1.54, 1.807) is 0 Å². The monoisotopic (exact) mass is 282 g/mol. The molecule has 0 atom stereocenters. The van der Waals surface area contributed by atoms with Gasteiger partial charge in [-0.2, -0.15) is 13.1 Å². The Kier molecular flexibility index (Phi) is 6.90. The Balaban J connectivity index is 3.92. The Bertz CT molecular complexity index is 417. The first-order valence-electron chi connectivity index (χ1n) is 4.88. The SMILES string of the molecule is CC(=O)CNS(=O)(=O)NC(=O)OCCCC(=O)O. The maximum atomic E-state index is 11.1. The van der Waals surface area contributed by atoms with Crippen LogP contribution < -0.4 is 9.44 Å². The Labute approximate surface area is 104 Å². The first-order chi connectivity index (χ1) is 8.23. The zero-order valence-electron chi connectivity index (χ0n) is 9.63. The minimum Gasteiger partial charge on any atom is -0.481 e. The van der Waals surface area contributed by atoms with Crippen molar-refractivity contribution in [1.29, 1.82) is 0 Å². The molecule has 1 amide bonds. The van der Waals surface area contributed by atoms with Crippen LogP contribution in [0.2, 0.25) is 0 Å². The molecule has 0 aromatic carbocycles. The molecule has 0 aliphatic rings. The zero-order valence-corrected chi connectivity index (χ0v) is 10.4. The van der Waals surface area contributed by atoms with Crippen molar-refractivity contribution in [2.45, 2.75) is 19.8 Å². The number of hydrogen-bond donors (Lipinski definition) is 3. The molecule has 104 valence electrons. The van der Waals surface area contributed by atoms with Gasteiger partial charge in [-0.3, -0.25) is 9.59 Å². The van der Waals surface area contributed by atoms with Gasteiger partial charge < -0.3 is 9.84 Å². The van der Waals surface area contributed by atoms with Crippen LogP contribution in [-0.4, -0.2) is 44.5 Å². The van der Waals surface area contributed by atoms with Crippen molar-refractivity contribution in [3.63, 3.8) is 0 Å². The molecule has 0 unspecified atom stereocenters. The van der Waals surface area contributed by atoms with E-state index in [-0.39, 0.29) is 19.4 Å². The van der Waals surface area contributed by atoms with E-state index in [4.69, 9.17) is 5.11 Å². The molecule has 0 aromatic rings. The van der Waals surface area contributed by atoms with Gasteiger partial charge in [0.1, 0.15) is 5.78 Å². The normalized spacial score (nSPS) is 10.7. The first kappa shape index (κ1) is 16.3. The van der Waals surface area contributed by atoms with E-state index in [0.717, 1.165) is 0 Å². The Morgan fingerprint density at radius 2 is 1.89 bits per heavy atom. The van der Waals surface area contributed by atoms with Crippen LogP contribution in [0.25, 0.3) is 0 Å². The average molecular weight is 282 g/mol.